The minimum atomic E-state index is -1.78. The van der Waals surface area contributed by atoms with E-state index < -0.39 is 86.8 Å². The zero-order valence-corrected chi connectivity index (χ0v) is 37.9. The average Bonchev–Trinajstić information content (AvgIpc) is 3.26. The first kappa shape index (κ1) is 55.9. The first-order chi connectivity index (χ1) is 29.6. The molecule has 61 heavy (non-hydrogen) atoms. The highest BCUT2D eigenvalue weighted by molar-refractivity contribution is 5.76. The summed E-state index contributed by atoms with van der Waals surface area (Å²) in [5.41, 5.74) is 0. The third kappa shape index (κ3) is 23.0. The van der Waals surface area contributed by atoms with Gasteiger partial charge in [0.05, 0.1) is 32.0 Å². The highest BCUT2D eigenvalue weighted by Gasteiger charge is 2.51. The Hall–Kier alpha value is -1.27. The van der Waals surface area contributed by atoms with Gasteiger partial charge in [-0.3, -0.25) is 4.79 Å². The van der Waals surface area contributed by atoms with Crippen LogP contribution in [0.3, 0.4) is 0 Å². The maximum absolute atomic E-state index is 13.1. The topological polar surface area (TPSA) is 228 Å². The van der Waals surface area contributed by atoms with Crippen molar-refractivity contribution in [1.82, 2.24) is 5.32 Å². The van der Waals surface area contributed by atoms with Crippen LogP contribution in [0.4, 0.5) is 0 Å². The SMILES string of the molecule is CCCCCCCCC/C=C\CCCCCCCC(=O)NC(COC1OC(CO)C(OC2OC(CO)C(O)C(O)C2O)C(O)C1O)C(O)CCCCCCCCCCCCC. The number of allylic oxidation sites excluding steroid dienone is 2. The molecule has 2 aliphatic heterocycles. The number of hydrogen-bond acceptors (Lipinski definition) is 13. The fraction of sp³-hybridized carbons (Fsp3) is 0.936. The van der Waals surface area contributed by atoms with Gasteiger partial charge in [-0.1, -0.05) is 154 Å². The van der Waals surface area contributed by atoms with Crippen molar-refractivity contribution in [3.63, 3.8) is 0 Å². The van der Waals surface area contributed by atoms with Crippen LogP contribution in [0, 0.1) is 0 Å². The molecule has 14 heteroatoms. The molecule has 0 bridgehead atoms. The number of ether oxygens (including phenoxy) is 4. The Balaban J connectivity index is 1.85. The molecule has 0 saturated carbocycles. The molecule has 2 aliphatic rings. The molecule has 0 aromatic carbocycles. The quantitative estimate of drug-likeness (QED) is 0.0274. The second-order valence-corrected chi connectivity index (χ2v) is 17.6. The number of aliphatic hydroxyl groups excluding tert-OH is 8. The van der Waals surface area contributed by atoms with Crippen LogP contribution in [0.1, 0.15) is 187 Å². The lowest BCUT2D eigenvalue weighted by molar-refractivity contribution is -0.359. The highest BCUT2D eigenvalue weighted by atomic mass is 16.7. The lowest BCUT2D eigenvalue weighted by Gasteiger charge is -2.46. The van der Waals surface area contributed by atoms with E-state index in [1.54, 1.807) is 0 Å². The van der Waals surface area contributed by atoms with Crippen molar-refractivity contribution in [2.45, 2.75) is 261 Å². The van der Waals surface area contributed by atoms with Crippen molar-refractivity contribution in [2.24, 2.45) is 0 Å². The molecule has 12 atom stereocenters. The summed E-state index contributed by atoms with van der Waals surface area (Å²) in [7, 11) is 0. The van der Waals surface area contributed by atoms with Crippen molar-refractivity contribution in [2.75, 3.05) is 19.8 Å². The van der Waals surface area contributed by atoms with Gasteiger partial charge in [0, 0.05) is 6.42 Å². The van der Waals surface area contributed by atoms with Gasteiger partial charge in [0.1, 0.15) is 48.8 Å². The molecular formula is C47H89NO13. The number of nitrogens with one attached hydrogen (secondary N) is 1. The molecule has 0 aromatic heterocycles. The molecule has 0 spiro atoms. The molecule has 0 radical (unpaired) electrons. The number of aliphatic hydroxyl groups is 8. The first-order valence-corrected chi connectivity index (χ1v) is 24.4. The predicted octanol–water partition coefficient (Wildman–Crippen LogP) is 5.60. The molecule has 9 N–H and O–H groups in total. The molecule has 2 saturated heterocycles. The second kappa shape index (κ2) is 35.0. The van der Waals surface area contributed by atoms with Gasteiger partial charge >= 0.3 is 0 Å². The third-order valence-electron chi connectivity index (χ3n) is 12.2. The Morgan fingerprint density at radius 3 is 1.56 bits per heavy atom. The van der Waals surface area contributed by atoms with Gasteiger partial charge in [0.2, 0.25) is 5.91 Å². The summed E-state index contributed by atoms with van der Waals surface area (Å²) in [6.45, 7) is 2.82. The summed E-state index contributed by atoms with van der Waals surface area (Å²) in [4.78, 5) is 13.1. The standard InChI is InChI=1S/C47H89NO13/c1-3-5-7-9-11-13-15-16-17-18-19-21-23-25-27-29-31-39(52)48-35(36(51)30-28-26-24-22-20-14-12-10-8-6-4-2)34-58-46-44(57)42(55)45(38(33-50)60-46)61-47-43(56)41(54)40(53)37(32-49)59-47/h17-18,35-38,40-47,49-51,53-57H,3-16,19-34H2,1-2H3,(H,48,52)/b18-17-. The Kier molecular flexibility index (Phi) is 32.1. The fourth-order valence-electron chi connectivity index (χ4n) is 8.17. The van der Waals surface area contributed by atoms with Crippen molar-refractivity contribution >= 4 is 5.91 Å². The molecule has 0 aromatic rings. The van der Waals surface area contributed by atoms with E-state index in [9.17, 15) is 45.6 Å². The lowest BCUT2D eigenvalue weighted by atomic mass is 9.97. The van der Waals surface area contributed by atoms with E-state index in [1.807, 2.05) is 0 Å². The monoisotopic (exact) mass is 876 g/mol. The van der Waals surface area contributed by atoms with E-state index in [4.69, 9.17) is 18.9 Å². The number of rotatable bonds is 37. The van der Waals surface area contributed by atoms with Gasteiger partial charge in [-0.05, 0) is 38.5 Å². The first-order valence-electron chi connectivity index (χ1n) is 24.4. The van der Waals surface area contributed by atoms with Gasteiger partial charge in [-0.25, -0.2) is 0 Å². The van der Waals surface area contributed by atoms with Gasteiger partial charge in [-0.2, -0.15) is 0 Å². The summed E-state index contributed by atoms with van der Waals surface area (Å²) in [6, 6.07) is -0.827. The molecule has 360 valence electrons. The van der Waals surface area contributed by atoms with Gasteiger partial charge in [0.15, 0.2) is 12.6 Å². The largest absolute Gasteiger partial charge is 0.394 e. The van der Waals surface area contributed by atoms with Gasteiger partial charge in [-0.15, -0.1) is 0 Å². The fourth-order valence-corrected chi connectivity index (χ4v) is 8.17. The zero-order valence-electron chi connectivity index (χ0n) is 37.9. The van der Waals surface area contributed by atoms with Crippen LogP contribution in [0.15, 0.2) is 12.2 Å². The van der Waals surface area contributed by atoms with Crippen molar-refractivity contribution in [3.8, 4) is 0 Å². The summed E-state index contributed by atoms with van der Waals surface area (Å²) in [6.07, 6.45) is 17.9. The van der Waals surface area contributed by atoms with Crippen molar-refractivity contribution in [1.29, 1.82) is 0 Å². The Labute approximate surface area is 367 Å². The molecule has 1 amide bonds. The maximum atomic E-state index is 13.1. The number of amides is 1. The minimum Gasteiger partial charge on any atom is -0.394 e. The van der Waals surface area contributed by atoms with E-state index in [1.165, 1.54) is 89.9 Å². The molecular weight excluding hydrogens is 787 g/mol. The predicted molar refractivity (Wildman–Crippen MR) is 235 cm³/mol. The average molecular weight is 876 g/mol. The van der Waals surface area contributed by atoms with E-state index in [-0.39, 0.29) is 12.5 Å². The molecule has 2 heterocycles. The number of hydrogen-bond donors (Lipinski definition) is 9. The zero-order chi connectivity index (χ0) is 44.7. The number of unbranched alkanes of at least 4 members (excludes halogenated alkanes) is 22. The van der Waals surface area contributed by atoms with Gasteiger partial charge in [0.25, 0.3) is 0 Å². The van der Waals surface area contributed by atoms with E-state index in [0.717, 1.165) is 64.2 Å². The van der Waals surface area contributed by atoms with E-state index in [0.29, 0.717) is 19.3 Å². The smallest absolute Gasteiger partial charge is 0.220 e. The van der Waals surface area contributed by atoms with Crippen LogP contribution in [-0.2, 0) is 23.7 Å². The summed E-state index contributed by atoms with van der Waals surface area (Å²) >= 11 is 0. The minimum absolute atomic E-state index is 0.216. The Morgan fingerprint density at radius 2 is 1.03 bits per heavy atom. The maximum Gasteiger partial charge on any atom is 0.220 e. The second-order valence-electron chi connectivity index (χ2n) is 17.6. The van der Waals surface area contributed by atoms with Crippen LogP contribution < -0.4 is 5.32 Å². The van der Waals surface area contributed by atoms with Crippen LogP contribution in [-0.4, -0.2) is 140 Å². The molecule has 12 unspecified atom stereocenters. The van der Waals surface area contributed by atoms with Crippen LogP contribution in [0.5, 0.6) is 0 Å². The van der Waals surface area contributed by atoms with Crippen LogP contribution in [0.2, 0.25) is 0 Å². The summed E-state index contributed by atoms with van der Waals surface area (Å²) in [5, 5.41) is 86.7. The summed E-state index contributed by atoms with van der Waals surface area (Å²) < 4.78 is 22.7. The normalized spacial score (nSPS) is 28.0. The summed E-state index contributed by atoms with van der Waals surface area (Å²) in [5.74, 6) is -0.216. The van der Waals surface area contributed by atoms with Gasteiger partial charge < -0.3 is 65.1 Å². The van der Waals surface area contributed by atoms with Crippen LogP contribution >= 0.6 is 0 Å². The Bertz CT molecular complexity index is 1080. The highest BCUT2D eigenvalue weighted by Crippen LogP contribution is 2.30. The molecule has 0 aliphatic carbocycles. The van der Waals surface area contributed by atoms with Crippen LogP contribution in [0.25, 0.3) is 0 Å². The lowest BCUT2D eigenvalue weighted by Crippen LogP contribution is -2.65. The molecule has 14 nitrogen and oxygen atoms in total. The third-order valence-corrected chi connectivity index (χ3v) is 12.2. The number of carbonyl (C=O) groups excluding carboxylic acids is 1. The van der Waals surface area contributed by atoms with Crippen molar-refractivity contribution < 1.29 is 64.6 Å². The molecule has 2 fully saturated rings. The Morgan fingerprint density at radius 1 is 0.574 bits per heavy atom. The number of carbonyl (C=O) groups is 1. The molecule has 2 rings (SSSR count). The van der Waals surface area contributed by atoms with E-state index >= 15 is 0 Å². The van der Waals surface area contributed by atoms with E-state index in [2.05, 4.69) is 31.3 Å². The van der Waals surface area contributed by atoms with Crippen molar-refractivity contribution in [3.05, 3.63) is 12.2 Å².